The Balaban J connectivity index is 1.36. The molecule has 6 rings (SSSR count). The monoisotopic (exact) mass is 538 g/mol. The third-order valence-electron chi connectivity index (χ3n) is 6.60. The van der Waals surface area contributed by atoms with E-state index in [1.807, 2.05) is 54.6 Å². The zero-order valence-electron chi connectivity index (χ0n) is 21.2. The zero-order chi connectivity index (χ0) is 27.5. The molecular weight excluding hydrogens is 516 g/mol. The molecule has 40 heavy (non-hydrogen) atoms. The highest BCUT2D eigenvalue weighted by Gasteiger charge is 2.16. The molecule has 5 aromatic rings. The number of hydrogen-bond acceptors (Lipinski definition) is 6. The minimum atomic E-state index is -1.24. The van der Waals surface area contributed by atoms with Crippen molar-refractivity contribution in [3.8, 4) is 27.6 Å². The van der Waals surface area contributed by atoms with Crippen LogP contribution < -0.4 is 15.6 Å². The van der Waals surface area contributed by atoms with Gasteiger partial charge in [0.1, 0.15) is 18.3 Å². The van der Waals surface area contributed by atoms with E-state index in [0.717, 1.165) is 49.3 Å². The van der Waals surface area contributed by atoms with E-state index in [1.165, 1.54) is 17.4 Å². The first-order chi connectivity index (χ1) is 19.6. The molecule has 0 saturated heterocycles. The number of rotatable bonds is 7. The number of carboxylic acid groups (broad SMARTS) is 1. The molecule has 0 aliphatic carbocycles. The van der Waals surface area contributed by atoms with Gasteiger partial charge in [0.05, 0.1) is 10.7 Å². The molecule has 0 radical (unpaired) electrons. The number of aliphatic carboxylic acids is 1. The van der Waals surface area contributed by atoms with Gasteiger partial charge in [-0.25, -0.2) is 4.79 Å². The van der Waals surface area contributed by atoms with Crippen molar-refractivity contribution in [2.45, 2.75) is 0 Å². The SMILES string of the molecule is N#C/C(=C/c1ccc(-c2ccc(-c3ccc(N(c4ccccc4)c4ccccc4)cc3)c3c2=NCN=3)s1)C(=O)O. The second kappa shape index (κ2) is 10.8. The van der Waals surface area contributed by atoms with Crippen LogP contribution in [0.4, 0.5) is 17.1 Å². The maximum absolute atomic E-state index is 11.2. The number of nitriles is 1. The van der Waals surface area contributed by atoms with Crippen LogP contribution in [0.15, 0.2) is 125 Å². The molecule has 0 amide bonds. The lowest BCUT2D eigenvalue weighted by atomic mass is 10.0. The quantitative estimate of drug-likeness (QED) is 0.183. The molecule has 0 fully saturated rings. The number of nitrogens with zero attached hydrogens (tertiary/aromatic N) is 4. The van der Waals surface area contributed by atoms with Gasteiger partial charge in [-0.3, -0.25) is 9.98 Å². The van der Waals surface area contributed by atoms with Crippen molar-refractivity contribution in [2.24, 2.45) is 9.98 Å². The molecular formula is C33H22N4O2S. The lowest BCUT2D eigenvalue weighted by Crippen LogP contribution is -2.26. The van der Waals surface area contributed by atoms with Gasteiger partial charge in [0.15, 0.2) is 0 Å². The number of para-hydroxylation sites is 2. The van der Waals surface area contributed by atoms with Crippen molar-refractivity contribution in [1.82, 2.24) is 0 Å². The lowest BCUT2D eigenvalue weighted by Gasteiger charge is -2.25. The maximum atomic E-state index is 11.2. The van der Waals surface area contributed by atoms with Crippen molar-refractivity contribution in [2.75, 3.05) is 11.6 Å². The Bertz CT molecular complexity index is 1870. The Kier molecular flexibility index (Phi) is 6.75. The molecule has 0 bridgehead atoms. The summed E-state index contributed by atoms with van der Waals surface area (Å²) < 4.78 is 0. The summed E-state index contributed by atoms with van der Waals surface area (Å²) in [4.78, 5) is 24.5. The average Bonchev–Trinajstić information content (AvgIpc) is 3.67. The number of fused-ring (bicyclic) bond motifs is 1. The Labute approximate surface area is 234 Å². The van der Waals surface area contributed by atoms with E-state index in [9.17, 15) is 9.90 Å². The summed E-state index contributed by atoms with van der Waals surface area (Å²) in [7, 11) is 0. The molecule has 6 nitrogen and oxygen atoms in total. The summed E-state index contributed by atoms with van der Waals surface area (Å²) in [6.07, 6.45) is 1.39. The first-order valence-electron chi connectivity index (χ1n) is 12.6. The second-order valence-electron chi connectivity index (χ2n) is 9.05. The van der Waals surface area contributed by atoms with Crippen LogP contribution in [0.5, 0.6) is 0 Å². The molecule has 0 saturated carbocycles. The lowest BCUT2D eigenvalue weighted by molar-refractivity contribution is -0.132. The van der Waals surface area contributed by atoms with Gasteiger partial charge in [-0.05, 0) is 60.2 Å². The highest BCUT2D eigenvalue weighted by molar-refractivity contribution is 7.16. The summed E-state index contributed by atoms with van der Waals surface area (Å²) in [5, 5.41) is 19.9. The fourth-order valence-electron chi connectivity index (χ4n) is 4.76. The van der Waals surface area contributed by atoms with Crippen LogP contribution in [-0.4, -0.2) is 17.7 Å². The standard InChI is InChI=1S/C33H22N4O2S/c34-20-23(33(38)39)19-27-15-18-30(40-27)29-17-16-28(31-32(29)36-21-35-31)22-11-13-26(14-12-22)37(24-7-3-1-4-8-24)25-9-5-2-6-10-25/h1-19H,21H2,(H,38,39)/b23-19-. The summed E-state index contributed by atoms with van der Waals surface area (Å²) >= 11 is 1.42. The summed E-state index contributed by atoms with van der Waals surface area (Å²) in [6, 6.07) is 38.6. The van der Waals surface area contributed by atoms with E-state index in [1.54, 1.807) is 6.07 Å². The molecule has 2 heterocycles. The predicted molar refractivity (Wildman–Crippen MR) is 158 cm³/mol. The van der Waals surface area contributed by atoms with Crippen molar-refractivity contribution >= 4 is 40.4 Å². The maximum Gasteiger partial charge on any atom is 0.346 e. The van der Waals surface area contributed by atoms with Gasteiger partial charge in [0.25, 0.3) is 0 Å². The zero-order valence-corrected chi connectivity index (χ0v) is 22.0. The van der Waals surface area contributed by atoms with E-state index in [-0.39, 0.29) is 5.57 Å². The fraction of sp³-hybridized carbons (Fsp3) is 0.0303. The van der Waals surface area contributed by atoms with Crippen molar-refractivity contribution in [3.63, 3.8) is 0 Å². The number of carboxylic acids is 1. The van der Waals surface area contributed by atoms with Crippen LogP contribution in [0.25, 0.3) is 27.6 Å². The normalized spacial score (nSPS) is 12.1. The minimum absolute atomic E-state index is 0.296. The Morgan fingerprint density at radius 2 is 1.35 bits per heavy atom. The van der Waals surface area contributed by atoms with Crippen molar-refractivity contribution in [3.05, 3.63) is 130 Å². The summed E-state index contributed by atoms with van der Waals surface area (Å²) in [6.45, 7) is 0.364. The highest BCUT2D eigenvalue weighted by Crippen LogP contribution is 2.35. The number of anilines is 3. The van der Waals surface area contributed by atoms with Crippen molar-refractivity contribution in [1.29, 1.82) is 5.26 Å². The molecule has 0 unspecified atom stereocenters. The third-order valence-corrected chi connectivity index (χ3v) is 7.67. The molecule has 1 N–H and O–H groups in total. The molecule has 1 aliphatic rings. The molecule has 7 heteroatoms. The van der Waals surface area contributed by atoms with E-state index < -0.39 is 5.97 Å². The van der Waals surface area contributed by atoms with Crippen molar-refractivity contribution < 1.29 is 9.90 Å². The molecule has 1 aliphatic heterocycles. The summed E-state index contributed by atoms with van der Waals surface area (Å²) in [5.74, 6) is -1.24. The van der Waals surface area contributed by atoms with Gasteiger partial charge in [0, 0.05) is 37.9 Å². The number of benzene rings is 4. The van der Waals surface area contributed by atoms with E-state index in [0.29, 0.717) is 11.5 Å². The van der Waals surface area contributed by atoms with Crippen LogP contribution >= 0.6 is 11.3 Å². The first-order valence-corrected chi connectivity index (χ1v) is 13.4. The van der Waals surface area contributed by atoms with Gasteiger partial charge < -0.3 is 10.0 Å². The minimum Gasteiger partial charge on any atom is -0.477 e. The summed E-state index contributed by atoms with van der Waals surface area (Å²) in [5.41, 5.74) is 5.90. The topological polar surface area (TPSA) is 89.0 Å². The molecule has 192 valence electrons. The van der Waals surface area contributed by atoms with E-state index in [2.05, 4.69) is 64.5 Å². The fourth-order valence-corrected chi connectivity index (χ4v) is 5.74. The average molecular weight is 539 g/mol. The van der Waals surface area contributed by atoms with E-state index in [4.69, 9.17) is 10.3 Å². The molecule has 0 spiro atoms. The predicted octanol–water partition coefficient (Wildman–Crippen LogP) is 6.75. The second-order valence-corrected chi connectivity index (χ2v) is 10.2. The van der Waals surface area contributed by atoms with Gasteiger partial charge in [-0.2, -0.15) is 5.26 Å². The van der Waals surface area contributed by atoms with Crippen LogP contribution in [0.3, 0.4) is 0 Å². The Hall–Kier alpha value is -5.32. The number of carbonyl (C=O) groups is 1. The molecule has 0 atom stereocenters. The number of thiophene rings is 1. The van der Waals surface area contributed by atoms with Crippen LogP contribution in [0.2, 0.25) is 0 Å². The first kappa shape index (κ1) is 25.0. The Morgan fingerprint density at radius 3 is 1.95 bits per heavy atom. The largest absolute Gasteiger partial charge is 0.477 e. The highest BCUT2D eigenvalue weighted by atomic mass is 32.1. The van der Waals surface area contributed by atoms with E-state index >= 15 is 0 Å². The van der Waals surface area contributed by atoms with Crippen LogP contribution in [0.1, 0.15) is 4.88 Å². The van der Waals surface area contributed by atoms with Gasteiger partial charge >= 0.3 is 5.97 Å². The third kappa shape index (κ3) is 4.80. The van der Waals surface area contributed by atoms with Crippen LogP contribution in [-0.2, 0) is 4.79 Å². The van der Waals surface area contributed by atoms with Gasteiger partial charge in [0.2, 0.25) is 0 Å². The molecule has 4 aromatic carbocycles. The number of hydrogen-bond donors (Lipinski definition) is 1. The van der Waals surface area contributed by atoms with Gasteiger partial charge in [-0.1, -0.05) is 60.7 Å². The smallest absolute Gasteiger partial charge is 0.346 e. The van der Waals surface area contributed by atoms with Crippen LogP contribution in [0, 0.1) is 11.3 Å². The Morgan fingerprint density at radius 1 is 0.775 bits per heavy atom. The van der Waals surface area contributed by atoms with Gasteiger partial charge in [-0.15, -0.1) is 11.3 Å². The molecule has 1 aromatic heterocycles.